The molecule has 10 heteroatoms. The molecule has 4 N–H and O–H groups in total. The smallest absolute Gasteiger partial charge is 0.252 e. The van der Waals surface area contributed by atoms with E-state index in [-0.39, 0.29) is 35.5 Å². The fourth-order valence-corrected chi connectivity index (χ4v) is 3.93. The van der Waals surface area contributed by atoms with Crippen molar-refractivity contribution in [2.45, 2.75) is 71.9 Å². The Kier molecular flexibility index (Phi) is 13.6. The lowest BCUT2D eigenvalue weighted by Crippen LogP contribution is -2.50. The second-order valence-corrected chi connectivity index (χ2v) is 9.79. The zero-order valence-corrected chi connectivity index (χ0v) is 23.4. The Labute approximate surface area is 231 Å². The van der Waals surface area contributed by atoms with Crippen LogP contribution in [0.5, 0.6) is 0 Å². The van der Waals surface area contributed by atoms with Crippen molar-refractivity contribution < 1.29 is 19.2 Å². The molecule has 0 saturated heterocycles. The Morgan fingerprint density at radius 2 is 1.00 bits per heavy atom. The lowest BCUT2D eigenvalue weighted by atomic mass is 9.97. The van der Waals surface area contributed by atoms with Gasteiger partial charge in [0.1, 0.15) is 12.1 Å². The summed E-state index contributed by atoms with van der Waals surface area (Å²) in [6, 6.07) is 5.18. The number of pyridine rings is 2. The summed E-state index contributed by atoms with van der Waals surface area (Å²) in [4.78, 5) is 58.5. The van der Waals surface area contributed by atoms with Gasteiger partial charge >= 0.3 is 0 Å². The first-order valence-electron chi connectivity index (χ1n) is 13.8. The van der Waals surface area contributed by atoms with Crippen molar-refractivity contribution in [3.63, 3.8) is 0 Å². The molecule has 212 valence electrons. The summed E-state index contributed by atoms with van der Waals surface area (Å²) in [5, 5.41) is 11.5. The van der Waals surface area contributed by atoms with Gasteiger partial charge < -0.3 is 21.3 Å². The summed E-state index contributed by atoms with van der Waals surface area (Å²) in [5.41, 5.74) is 0.918. The number of hydrogen-bond acceptors (Lipinski definition) is 6. The molecule has 2 heterocycles. The van der Waals surface area contributed by atoms with E-state index in [1.165, 1.54) is 0 Å². The van der Waals surface area contributed by atoms with Gasteiger partial charge in [-0.2, -0.15) is 0 Å². The molecule has 2 aromatic rings. The highest BCUT2D eigenvalue weighted by Gasteiger charge is 2.27. The Balaban J connectivity index is 1.74. The number of hydrogen-bond donors (Lipinski definition) is 4. The summed E-state index contributed by atoms with van der Waals surface area (Å²) in [7, 11) is 0. The van der Waals surface area contributed by atoms with E-state index in [4.69, 9.17) is 0 Å². The molecule has 0 aliphatic carbocycles. The molecule has 0 fully saturated rings. The Morgan fingerprint density at radius 1 is 0.641 bits per heavy atom. The van der Waals surface area contributed by atoms with Gasteiger partial charge in [-0.25, -0.2) is 0 Å². The monoisotopic (exact) mass is 538 g/mol. The molecule has 2 aromatic heterocycles. The third kappa shape index (κ3) is 10.5. The van der Waals surface area contributed by atoms with Gasteiger partial charge in [-0.15, -0.1) is 0 Å². The zero-order chi connectivity index (χ0) is 28.6. The fraction of sp³-hybridized carbons (Fsp3) is 0.517. The van der Waals surface area contributed by atoms with E-state index < -0.39 is 12.1 Å². The first-order valence-corrected chi connectivity index (χ1v) is 13.8. The van der Waals surface area contributed by atoms with Crippen LogP contribution in [-0.4, -0.2) is 58.8 Å². The number of rotatable bonds is 16. The van der Waals surface area contributed by atoms with Crippen molar-refractivity contribution >= 4 is 23.6 Å². The van der Waals surface area contributed by atoms with Crippen molar-refractivity contribution in [1.29, 1.82) is 0 Å². The summed E-state index contributed by atoms with van der Waals surface area (Å²) in [5.74, 6) is -1.07. The van der Waals surface area contributed by atoms with Crippen molar-refractivity contribution in [3.8, 4) is 0 Å². The predicted octanol–water partition coefficient (Wildman–Crippen LogP) is 2.87. The predicted molar refractivity (Wildman–Crippen MR) is 150 cm³/mol. The van der Waals surface area contributed by atoms with E-state index in [1.807, 2.05) is 27.7 Å². The normalized spacial score (nSPS) is 13.8. The minimum Gasteiger partial charge on any atom is -0.354 e. The highest BCUT2D eigenvalue weighted by Crippen LogP contribution is 2.11. The molecule has 0 radical (unpaired) electrons. The second-order valence-electron chi connectivity index (χ2n) is 9.79. The van der Waals surface area contributed by atoms with Crippen molar-refractivity contribution in [2.24, 2.45) is 11.8 Å². The molecule has 2 rings (SSSR count). The summed E-state index contributed by atoms with van der Waals surface area (Å²) < 4.78 is 0. The molecular weight excluding hydrogens is 496 g/mol. The molecular formula is C29H42N6O4. The highest BCUT2D eigenvalue weighted by atomic mass is 16.2. The molecule has 0 bridgehead atoms. The molecule has 0 aliphatic rings. The maximum Gasteiger partial charge on any atom is 0.252 e. The average Bonchev–Trinajstić information content (AvgIpc) is 2.97. The maximum absolute atomic E-state index is 12.8. The van der Waals surface area contributed by atoms with Gasteiger partial charge in [0.2, 0.25) is 11.8 Å². The number of amides is 4. The number of carbonyl (C=O) groups is 4. The van der Waals surface area contributed by atoms with Crippen molar-refractivity contribution in [1.82, 2.24) is 31.2 Å². The van der Waals surface area contributed by atoms with Crippen LogP contribution in [0.2, 0.25) is 0 Å². The number of carbonyl (C=O) groups excluding carboxylic acids is 4. The largest absolute Gasteiger partial charge is 0.354 e. The number of nitrogens with one attached hydrogen (secondary N) is 4. The second kappa shape index (κ2) is 16.9. The molecule has 39 heavy (non-hydrogen) atoms. The zero-order valence-electron chi connectivity index (χ0n) is 23.4. The Hall–Kier alpha value is -3.82. The van der Waals surface area contributed by atoms with Crippen LogP contribution in [0.4, 0.5) is 0 Å². The number of nitrogens with zero attached hydrogens (tertiary/aromatic N) is 2. The lowest BCUT2D eigenvalue weighted by Gasteiger charge is -2.24. The summed E-state index contributed by atoms with van der Waals surface area (Å²) >= 11 is 0. The van der Waals surface area contributed by atoms with E-state index >= 15 is 0 Å². The Morgan fingerprint density at radius 3 is 1.33 bits per heavy atom. The summed E-state index contributed by atoms with van der Waals surface area (Å²) in [6.45, 7) is 8.78. The van der Waals surface area contributed by atoms with Gasteiger partial charge in [-0.1, -0.05) is 40.5 Å². The van der Waals surface area contributed by atoms with Gasteiger partial charge in [0.25, 0.3) is 11.8 Å². The molecule has 10 nitrogen and oxygen atoms in total. The molecule has 4 atom stereocenters. The first kappa shape index (κ1) is 31.4. The highest BCUT2D eigenvalue weighted by molar-refractivity contribution is 5.98. The third-order valence-electron chi connectivity index (χ3n) is 6.90. The van der Waals surface area contributed by atoms with Crippen LogP contribution in [0.3, 0.4) is 0 Å². The number of aromatic nitrogens is 2. The van der Waals surface area contributed by atoms with Gasteiger partial charge in [0.15, 0.2) is 0 Å². The maximum atomic E-state index is 12.8. The van der Waals surface area contributed by atoms with E-state index in [0.29, 0.717) is 24.2 Å². The topological polar surface area (TPSA) is 142 Å². The van der Waals surface area contributed by atoms with Crippen LogP contribution >= 0.6 is 0 Å². The molecule has 0 aromatic carbocycles. The average molecular weight is 539 g/mol. The Bertz CT molecular complexity index is 967. The van der Waals surface area contributed by atoms with Crippen LogP contribution in [0.25, 0.3) is 0 Å². The standard InChI is InChI=1S/C29H42N6O4/c1-5-20(3)24(34-26(36)22-10-16-30-17-11-22)28(38)32-14-8-7-9-15-33-29(39)25(21(4)6-2)35-27(37)23-12-18-31-19-13-23/h10-13,16-21,24-25H,5-9,14-15H2,1-4H3,(H,32,38)(H,33,39)(H,34,36)(H,35,37)/t20?,21?,24-,25-/m0/s1. The van der Waals surface area contributed by atoms with Crippen LogP contribution in [0, 0.1) is 11.8 Å². The lowest BCUT2D eigenvalue weighted by molar-refractivity contribution is -0.124. The van der Waals surface area contributed by atoms with Crippen molar-refractivity contribution in [3.05, 3.63) is 60.2 Å². The van der Waals surface area contributed by atoms with E-state index in [0.717, 1.165) is 32.1 Å². The minimum atomic E-state index is -0.630. The van der Waals surface area contributed by atoms with Gasteiger partial charge in [-0.05, 0) is 55.4 Å². The minimum absolute atomic E-state index is 0.0245. The van der Waals surface area contributed by atoms with E-state index in [1.54, 1.807) is 49.1 Å². The fourth-order valence-electron chi connectivity index (χ4n) is 3.93. The van der Waals surface area contributed by atoms with E-state index in [2.05, 4.69) is 31.2 Å². The van der Waals surface area contributed by atoms with Crippen molar-refractivity contribution in [2.75, 3.05) is 13.1 Å². The van der Waals surface area contributed by atoms with Crippen LogP contribution in [0.1, 0.15) is 80.5 Å². The summed E-state index contributed by atoms with van der Waals surface area (Å²) in [6.07, 6.45) is 9.93. The molecule has 2 unspecified atom stereocenters. The van der Waals surface area contributed by atoms with E-state index in [9.17, 15) is 19.2 Å². The van der Waals surface area contributed by atoms with Gasteiger partial charge in [0.05, 0.1) is 0 Å². The quantitative estimate of drug-likeness (QED) is 0.242. The van der Waals surface area contributed by atoms with Crippen LogP contribution in [0.15, 0.2) is 49.1 Å². The molecule has 4 amide bonds. The molecule has 0 saturated carbocycles. The van der Waals surface area contributed by atoms with Crippen LogP contribution < -0.4 is 21.3 Å². The molecule has 0 spiro atoms. The van der Waals surface area contributed by atoms with Gasteiger partial charge in [0, 0.05) is 49.0 Å². The SMILES string of the molecule is CCC(C)[C@H](NC(=O)c1ccncc1)C(=O)NCCCCCNC(=O)[C@@H](NC(=O)c1ccncc1)C(C)CC. The van der Waals surface area contributed by atoms with Crippen LogP contribution in [-0.2, 0) is 9.59 Å². The van der Waals surface area contributed by atoms with Gasteiger partial charge in [-0.3, -0.25) is 29.1 Å². The molecule has 0 aliphatic heterocycles. The number of unbranched alkanes of at least 4 members (excludes halogenated alkanes) is 2. The third-order valence-corrected chi connectivity index (χ3v) is 6.90. The first-order chi connectivity index (χ1) is 18.8.